The Kier molecular flexibility index (Phi) is 12.6. The molecule has 3 N–H and O–H groups in total. The minimum atomic E-state index is -4.86. The SMILES string of the molecule is CCc1cc(N2C(=S)N(c3cnc(C#N)c(C(F)(F)F)c3)C(=O)C2(C)C)ccc1OCCC1CCN(CC(=O)Nc2cc(NC3CCC(=O)NC3=O)ccc2Cl)CC1. The first kappa shape index (κ1) is 42.3. The van der Waals surface area contributed by atoms with E-state index in [4.69, 9.17) is 33.8 Å². The number of nitriles is 1. The highest BCUT2D eigenvalue weighted by Crippen LogP contribution is 2.40. The highest BCUT2D eigenvalue weighted by atomic mass is 35.5. The van der Waals surface area contributed by atoms with Gasteiger partial charge in [-0.05, 0) is 125 Å². The molecule has 0 aliphatic carbocycles. The number of nitrogens with zero attached hydrogens (tertiary/aromatic N) is 5. The Bertz CT molecular complexity index is 2170. The Morgan fingerprint density at radius 3 is 2.52 bits per heavy atom. The van der Waals surface area contributed by atoms with Crippen LogP contribution in [-0.2, 0) is 31.8 Å². The maximum absolute atomic E-state index is 13.7. The van der Waals surface area contributed by atoms with Crippen molar-refractivity contribution in [1.29, 1.82) is 5.26 Å². The van der Waals surface area contributed by atoms with Crippen LogP contribution in [0.2, 0.25) is 5.02 Å². The fourth-order valence-corrected chi connectivity index (χ4v) is 8.05. The third-order valence-corrected chi connectivity index (χ3v) is 11.3. The molecule has 4 heterocycles. The van der Waals surface area contributed by atoms with Crippen LogP contribution in [-0.4, -0.2) is 76.4 Å². The molecule has 3 fully saturated rings. The molecule has 3 aliphatic rings. The Labute approximate surface area is 343 Å². The molecule has 3 aliphatic heterocycles. The molecule has 0 saturated carbocycles. The minimum absolute atomic E-state index is 0.0217. The molecular formula is C40H42ClF3N8O5S. The van der Waals surface area contributed by atoms with Gasteiger partial charge in [-0.15, -0.1) is 0 Å². The first-order chi connectivity index (χ1) is 27.5. The molecule has 0 bridgehead atoms. The summed E-state index contributed by atoms with van der Waals surface area (Å²) in [6.45, 7) is 7.35. The average molecular weight is 839 g/mol. The van der Waals surface area contributed by atoms with Gasteiger partial charge >= 0.3 is 6.18 Å². The lowest BCUT2D eigenvalue weighted by Gasteiger charge is -2.31. The number of thiocarbonyl (C=S) groups is 1. The fraction of sp³-hybridized carbons (Fsp3) is 0.425. The highest BCUT2D eigenvalue weighted by Gasteiger charge is 2.51. The number of hydrogen-bond donors (Lipinski definition) is 3. The lowest BCUT2D eigenvalue weighted by Crippen LogP contribution is -2.47. The van der Waals surface area contributed by atoms with Crippen LogP contribution in [0.5, 0.6) is 5.75 Å². The number of aromatic nitrogens is 1. The third-order valence-electron chi connectivity index (χ3n) is 10.6. The van der Waals surface area contributed by atoms with Crippen molar-refractivity contribution in [3.8, 4) is 11.8 Å². The summed E-state index contributed by atoms with van der Waals surface area (Å²) < 4.78 is 47.4. The maximum Gasteiger partial charge on any atom is 0.419 e. The summed E-state index contributed by atoms with van der Waals surface area (Å²) in [6, 6.07) is 12.0. The number of aryl methyl sites for hydroxylation is 1. The number of benzene rings is 2. The number of carbonyl (C=O) groups is 4. The van der Waals surface area contributed by atoms with E-state index in [1.165, 1.54) is 6.07 Å². The number of pyridine rings is 1. The minimum Gasteiger partial charge on any atom is -0.493 e. The molecule has 4 amide bonds. The number of rotatable bonds is 12. The van der Waals surface area contributed by atoms with Gasteiger partial charge in [0.15, 0.2) is 10.8 Å². The standard InChI is InChI=1S/C40H42ClF3N8O5S/c1-4-24-17-26(52-38(58)51(37(56)39(52,2)3)27-19-28(40(42,43)44)32(20-45)46-21-27)6-9-33(24)57-16-13-23-11-14-50(15-12-23)22-35(54)48-31-18-25(5-7-29(31)41)47-30-8-10-34(53)49-36(30)55/h5-7,9,17-19,21,23,30,47H,4,8,10-16,22H2,1-3H3,(H,48,54)(H,49,53,55). The molecule has 306 valence electrons. The molecule has 58 heavy (non-hydrogen) atoms. The van der Waals surface area contributed by atoms with E-state index in [2.05, 4.69) is 25.8 Å². The summed E-state index contributed by atoms with van der Waals surface area (Å²) in [5.74, 6) is -0.391. The van der Waals surface area contributed by atoms with Gasteiger partial charge in [-0.1, -0.05) is 18.5 Å². The van der Waals surface area contributed by atoms with Gasteiger partial charge < -0.3 is 20.3 Å². The van der Waals surface area contributed by atoms with Gasteiger partial charge in [0.2, 0.25) is 17.7 Å². The molecule has 18 heteroatoms. The monoisotopic (exact) mass is 838 g/mol. The fourth-order valence-electron chi connectivity index (χ4n) is 7.36. The summed E-state index contributed by atoms with van der Waals surface area (Å²) in [4.78, 5) is 58.6. The number of hydrogen-bond acceptors (Lipinski definition) is 10. The van der Waals surface area contributed by atoms with E-state index in [1.54, 1.807) is 49.1 Å². The number of piperidine rings is 2. The topological polar surface area (TPSA) is 160 Å². The van der Waals surface area contributed by atoms with Gasteiger partial charge in [0.05, 0.1) is 41.3 Å². The second-order valence-electron chi connectivity index (χ2n) is 14.9. The van der Waals surface area contributed by atoms with Gasteiger partial charge in [0.25, 0.3) is 5.91 Å². The largest absolute Gasteiger partial charge is 0.493 e. The van der Waals surface area contributed by atoms with Crippen molar-refractivity contribution in [3.05, 3.63) is 70.5 Å². The van der Waals surface area contributed by atoms with E-state index in [0.717, 1.165) is 55.1 Å². The van der Waals surface area contributed by atoms with Crippen molar-refractivity contribution >= 4 is 75.3 Å². The number of nitrogens with one attached hydrogen (secondary N) is 3. The van der Waals surface area contributed by atoms with Gasteiger partial charge in [0, 0.05) is 17.8 Å². The van der Waals surface area contributed by atoms with Crippen molar-refractivity contribution in [2.45, 2.75) is 77.1 Å². The van der Waals surface area contributed by atoms with Crippen molar-refractivity contribution in [2.24, 2.45) is 5.92 Å². The van der Waals surface area contributed by atoms with Crippen LogP contribution < -0.4 is 30.5 Å². The third kappa shape index (κ3) is 9.19. The second-order valence-corrected chi connectivity index (χ2v) is 15.7. The van der Waals surface area contributed by atoms with Crippen molar-refractivity contribution in [2.75, 3.05) is 46.7 Å². The van der Waals surface area contributed by atoms with Crippen LogP contribution in [0.3, 0.4) is 0 Å². The molecule has 6 rings (SSSR count). The van der Waals surface area contributed by atoms with E-state index in [1.807, 2.05) is 13.0 Å². The van der Waals surface area contributed by atoms with E-state index in [9.17, 15) is 32.3 Å². The number of imide groups is 1. The van der Waals surface area contributed by atoms with E-state index in [-0.39, 0.29) is 35.6 Å². The van der Waals surface area contributed by atoms with Crippen molar-refractivity contribution in [3.63, 3.8) is 0 Å². The van der Waals surface area contributed by atoms with E-state index >= 15 is 0 Å². The van der Waals surface area contributed by atoms with Crippen LogP contribution in [0.25, 0.3) is 0 Å². The summed E-state index contributed by atoms with van der Waals surface area (Å²) in [7, 11) is 0. The molecule has 2 aromatic carbocycles. The maximum atomic E-state index is 13.7. The zero-order valence-electron chi connectivity index (χ0n) is 32.0. The molecule has 0 radical (unpaired) electrons. The first-order valence-corrected chi connectivity index (χ1v) is 19.6. The molecule has 1 atom stereocenters. The zero-order chi connectivity index (χ0) is 41.9. The summed E-state index contributed by atoms with van der Waals surface area (Å²) in [6.07, 6.45) is -0.0429. The molecule has 0 spiro atoms. The Hall–Kier alpha value is -5.31. The number of alkyl halides is 3. The van der Waals surface area contributed by atoms with Gasteiger partial charge in [-0.25, -0.2) is 4.98 Å². The smallest absolute Gasteiger partial charge is 0.419 e. The Morgan fingerprint density at radius 1 is 1.10 bits per heavy atom. The number of amides is 4. The van der Waals surface area contributed by atoms with E-state index in [0.29, 0.717) is 53.2 Å². The Balaban J connectivity index is 1.00. The summed E-state index contributed by atoms with van der Waals surface area (Å²) in [5, 5.41) is 17.8. The molecule has 13 nitrogen and oxygen atoms in total. The van der Waals surface area contributed by atoms with Crippen LogP contribution in [0, 0.1) is 17.2 Å². The van der Waals surface area contributed by atoms with Crippen LogP contribution >= 0.6 is 23.8 Å². The highest BCUT2D eigenvalue weighted by molar-refractivity contribution is 7.81. The van der Waals surface area contributed by atoms with Gasteiger partial charge in [-0.3, -0.25) is 34.3 Å². The number of likely N-dealkylation sites (tertiary alicyclic amines) is 1. The van der Waals surface area contributed by atoms with Crippen molar-refractivity contribution in [1.82, 2.24) is 15.2 Å². The van der Waals surface area contributed by atoms with Gasteiger partial charge in [0.1, 0.15) is 23.4 Å². The number of carbonyl (C=O) groups excluding carboxylic acids is 4. The molecule has 3 aromatic rings. The number of ether oxygens (including phenoxy) is 1. The van der Waals surface area contributed by atoms with Crippen LogP contribution in [0.1, 0.15) is 69.7 Å². The second kappa shape index (κ2) is 17.3. The summed E-state index contributed by atoms with van der Waals surface area (Å²) in [5.41, 5.74) is -1.04. The average Bonchev–Trinajstić information content (AvgIpc) is 3.36. The number of halogens is 4. The summed E-state index contributed by atoms with van der Waals surface area (Å²) >= 11 is 12.0. The normalized spacial score (nSPS) is 18.9. The van der Waals surface area contributed by atoms with Crippen molar-refractivity contribution < 1.29 is 37.1 Å². The van der Waals surface area contributed by atoms with Crippen LogP contribution in [0.15, 0.2) is 48.7 Å². The predicted molar refractivity (Wildman–Crippen MR) is 216 cm³/mol. The predicted octanol–water partition coefficient (Wildman–Crippen LogP) is 6.44. The Morgan fingerprint density at radius 2 is 1.84 bits per heavy atom. The lowest BCUT2D eigenvalue weighted by atomic mass is 9.94. The molecule has 3 saturated heterocycles. The number of anilines is 4. The molecule has 1 aromatic heterocycles. The van der Waals surface area contributed by atoms with E-state index < -0.39 is 40.8 Å². The zero-order valence-corrected chi connectivity index (χ0v) is 33.6. The molecule has 1 unspecified atom stereocenters. The van der Waals surface area contributed by atoms with Crippen LogP contribution in [0.4, 0.5) is 35.9 Å². The molecular weight excluding hydrogens is 797 g/mol. The first-order valence-electron chi connectivity index (χ1n) is 18.8. The lowest BCUT2D eigenvalue weighted by molar-refractivity contribution is -0.138. The van der Waals surface area contributed by atoms with Gasteiger partial charge in [-0.2, -0.15) is 18.4 Å². The quantitative estimate of drug-likeness (QED) is 0.136.